The average molecular weight is 257 g/mol. The van der Waals surface area contributed by atoms with Gasteiger partial charge in [0, 0.05) is 20.6 Å². The molecule has 0 bridgehead atoms. The molecule has 0 aliphatic heterocycles. The van der Waals surface area contributed by atoms with Gasteiger partial charge >= 0.3 is 0 Å². The van der Waals surface area contributed by atoms with Crippen molar-refractivity contribution in [3.05, 3.63) is 0 Å². The first-order valence-electron chi connectivity index (χ1n) is 6.54. The van der Waals surface area contributed by atoms with Crippen LogP contribution < -0.4 is 5.73 Å². The molecule has 0 unspecified atom stereocenters. The van der Waals surface area contributed by atoms with E-state index in [9.17, 15) is 9.59 Å². The molecular formula is C13H27N3O2. The first-order valence-corrected chi connectivity index (χ1v) is 6.54. The van der Waals surface area contributed by atoms with Gasteiger partial charge in [0.05, 0.1) is 12.6 Å². The van der Waals surface area contributed by atoms with E-state index in [-0.39, 0.29) is 18.4 Å². The van der Waals surface area contributed by atoms with Crippen molar-refractivity contribution >= 4 is 11.8 Å². The average Bonchev–Trinajstić information content (AvgIpc) is 2.26. The van der Waals surface area contributed by atoms with Crippen molar-refractivity contribution in [3.8, 4) is 0 Å². The molecule has 0 aromatic heterocycles. The summed E-state index contributed by atoms with van der Waals surface area (Å²) in [5, 5.41) is 0. The van der Waals surface area contributed by atoms with E-state index in [0.29, 0.717) is 18.9 Å². The first kappa shape index (κ1) is 16.9. The lowest BCUT2D eigenvalue weighted by Crippen LogP contribution is -2.48. The van der Waals surface area contributed by atoms with Crippen LogP contribution in [0.4, 0.5) is 0 Å². The van der Waals surface area contributed by atoms with Gasteiger partial charge in [-0.05, 0) is 18.8 Å². The van der Waals surface area contributed by atoms with Gasteiger partial charge < -0.3 is 15.5 Å². The second-order valence-electron chi connectivity index (χ2n) is 5.28. The highest BCUT2D eigenvalue weighted by Gasteiger charge is 2.23. The first-order chi connectivity index (χ1) is 8.29. The van der Waals surface area contributed by atoms with Gasteiger partial charge in [-0.25, -0.2) is 0 Å². The zero-order valence-corrected chi connectivity index (χ0v) is 12.3. The largest absolute Gasteiger partial charge is 0.347 e. The lowest BCUT2D eigenvalue weighted by atomic mass is 10.0. The molecule has 0 aromatic carbocycles. The zero-order valence-electron chi connectivity index (χ0n) is 12.3. The van der Waals surface area contributed by atoms with Gasteiger partial charge in [0.2, 0.25) is 11.8 Å². The van der Waals surface area contributed by atoms with Crippen molar-refractivity contribution in [3.63, 3.8) is 0 Å². The van der Waals surface area contributed by atoms with Crippen LogP contribution in [0.15, 0.2) is 0 Å². The second-order valence-corrected chi connectivity index (χ2v) is 5.28. The highest BCUT2D eigenvalue weighted by molar-refractivity contribution is 5.87. The van der Waals surface area contributed by atoms with Crippen LogP contribution in [0.2, 0.25) is 0 Å². The molecule has 0 fully saturated rings. The van der Waals surface area contributed by atoms with E-state index in [0.717, 1.165) is 6.42 Å². The summed E-state index contributed by atoms with van der Waals surface area (Å²) in [7, 11) is 3.37. The monoisotopic (exact) mass is 257 g/mol. The molecule has 0 heterocycles. The molecule has 5 nitrogen and oxygen atoms in total. The van der Waals surface area contributed by atoms with E-state index in [1.807, 2.05) is 20.8 Å². The van der Waals surface area contributed by atoms with Gasteiger partial charge in [0.1, 0.15) is 0 Å². The Hall–Kier alpha value is -1.10. The Kier molecular flexibility index (Phi) is 7.59. The molecule has 2 N–H and O–H groups in total. The maximum atomic E-state index is 12.2. The summed E-state index contributed by atoms with van der Waals surface area (Å²) >= 11 is 0. The van der Waals surface area contributed by atoms with Crippen molar-refractivity contribution in [1.82, 2.24) is 9.80 Å². The molecular weight excluding hydrogens is 230 g/mol. The molecule has 5 heteroatoms. The third-order valence-electron chi connectivity index (χ3n) is 2.67. The number of rotatable bonds is 7. The van der Waals surface area contributed by atoms with E-state index >= 15 is 0 Å². The fourth-order valence-electron chi connectivity index (χ4n) is 1.68. The number of likely N-dealkylation sites (N-methyl/N-ethyl adjacent to an activating group) is 1. The van der Waals surface area contributed by atoms with Crippen molar-refractivity contribution in [1.29, 1.82) is 0 Å². The molecule has 1 atom stereocenters. The van der Waals surface area contributed by atoms with E-state index < -0.39 is 6.04 Å². The number of carbonyl (C=O) groups is 2. The lowest BCUT2D eigenvalue weighted by molar-refractivity contribution is -0.140. The Bertz CT molecular complexity index is 277. The second kappa shape index (κ2) is 8.08. The minimum Gasteiger partial charge on any atom is -0.347 e. The predicted molar refractivity (Wildman–Crippen MR) is 73.0 cm³/mol. The Labute approximate surface area is 110 Å². The van der Waals surface area contributed by atoms with Gasteiger partial charge in [-0.3, -0.25) is 9.59 Å². The lowest BCUT2D eigenvalue weighted by Gasteiger charge is -2.26. The van der Waals surface area contributed by atoms with Crippen LogP contribution in [0, 0.1) is 5.92 Å². The fraction of sp³-hybridized carbons (Fsp3) is 0.846. The van der Waals surface area contributed by atoms with E-state index in [1.54, 1.807) is 19.0 Å². The Morgan fingerprint density at radius 2 is 1.78 bits per heavy atom. The van der Waals surface area contributed by atoms with Crippen LogP contribution in [0.5, 0.6) is 0 Å². The van der Waals surface area contributed by atoms with Crippen molar-refractivity contribution < 1.29 is 9.59 Å². The molecule has 18 heavy (non-hydrogen) atoms. The number of nitrogens with zero attached hydrogens (tertiary/aromatic N) is 2. The summed E-state index contributed by atoms with van der Waals surface area (Å²) in [6.45, 7) is 6.73. The maximum absolute atomic E-state index is 12.2. The summed E-state index contributed by atoms with van der Waals surface area (Å²) < 4.78 is 0. The van der Waals surface area contributed by atoms with Gasteiger partial charge in [-0.2, -0.15) is 0 Å². The van der Waals surface area contributed by atoms with Crippen molar-refractivity contribution in [2.75, 3.05) is 27.2 Å². The summed E-state index contributed by atoms with van der Waals surface area (Å²) in [6, 6.07) is -0.508. The molecule has 106 valence electrons. The van der Waals surface area contributed by atoms with Crippen molar-refractivity contribution in [2.24, 2.45) is 11.7 Å². The van der Waals surface area contributed by atoms with Crippen LogP contribution in [-0.2, 0) is 9.59 Å². The molecule has 0 spiro atoms. The van der Waals surface area contributed by atoms with Crippen LogP contribution in [-0.4, -0.2) is 54.8 Å². The number of hydrogen-bond donors (Lipinski definition) is 1. The minimum absolute atomic E-state index is 0.0754. The number of hydrogen-bond acceptors (Lipinski definition) is 3. The fourth-order valence-corrected chi connectivity index (χ4v) is 1.68. The Morgan fingerprint density at radius 3 is 2.17 bits per heavy atom. The molecule has 2 amide bonds. The highest BCUT2D eigenvalue weighted by Crippen LogP contribution is 2.06. The summed E-state index contributed by atoms with van der Waals surface area (Å²) in [4.78, 5) is 26.9. The number of amides is 2. The van der Waals surface area contributed by atoms with E-state index in [1.165, 1.54) is 4.90 Å². The highest BCUT2D eigenvalue weighted by atomic mass is 16.2. The molecule has 0 aromatic rings. The van der Waals surface area contributed by atoms with Crippen LogP contribution in [0.1, 0.15) is 33.6 Å². The Balaban J connectivity index is 4.57. The quantitative estimate of drug-likeness (QED) is 0.729. The molecule has 0 radical (unpaired) electrons. The Morgan fingerprint density at radius 1 is 1.22 bits per heavy atom. The maximum Gasteiger partial charge on any atom is 0.241 e. The summed E-state index contributed by atoms with van der Waals surface area (Å²) in [5.74, 6) is 0.172. The summed E-state index contributed by atoms with van der Waals surface area (Å²) in [6.07, 6.45) is 1.47. The molecule has 0 rings (SSSR count). The van der Waals surface area contributed by atoms with Crippen LogP contribution in [0.25, 0.3) is 0 Å². The number of nitrogens with two attached hydrogens (primary N) is 1. The van der Waals surface area contributed by atoms with Crippen LogP contribution >= 0.6 is 0 Å². The van der Waals surface area contributed by atoms with Crippen LogP contribution in [0.3, 0.4) is 0 Å². The van der Waals surface area contributed by atoms with Gasteiger partial charge in [-0.15, -0.1) is 0 Å². The van der Waals surface area contributed by atoms with Gasteiger partial charge in [-0.1, -0.05) is 20.8 Å². The van der Waals surface area contributed by atoms with Gasteiger partial charge in [0.25, 0.3) is 0 Å². The SMILES string of the molecule is CCCN(CC(=O)N(C)C)C(=O)[C@@H](N)CC(C)C. The third-order valence-corrected chi connectivity index (χ3v) is 2.67. The smallest absolute Gasteiger partial charge is 0.241 e. The van der Waals surface area contributed by atoms with E-state index in [4.69, 9.17) is 5.73 Å². The molecule has 0 saturated carbocycles. The third kappa shape index (κ3) is 6.00. The molecule has 0 aliphatic carbocycles. The molecule has 0 aliphatic rings. The topological polar surface area (TPSA) is 66.6 Å². The summed E-state index contributed by atoms with van der Waals surface area (Å²) in [5.41, 5.74) is 5.89. The number of carbonyl (C=O) groups excluding carboxylic acids is 2. The van der Waals surface area contributed by atoms with E-state index in [2.05, 4.69) is 0 Å². The van der Waals surface area contributed by atoms with Crippen molar-refractivity contribution in [2.45, 2.75) is 39.7 Å². The minimum atomic E-state index is -0.508. The standard InChI is InChI=1S/C13H27N3O2/c1-6-7-16(9-12(17)15(4)5)13(18)11(14)8-10(2)3/h10-11H,6-9,14H2,1-5H3/t11-/m0/s1. The molecule has 0 saturated heterocycles. The predicted octanol–water partition coefficient (Wildman–Crippen LogP) is 0.687. The normalized spacial score (nSPS) is 12.4. The zero-order chi connectivity index (χ0) is 14.3. The van der Waals surface area contributed by atoms with Gasteiger partial charge in [0.15, 0.2) is 0 Å².